The Morgan fingerprint density at radius 2 is 2.27 bits per heavy atom. The molecular weight excluding hydrogens is 142 g/mol. The van der Waals surface area contributed by atoms with Crippen LogP contribution in [-0.2, 0) is 4.79 Å². The molecule has 0 radical (unpaired) electrons. The molecule has 3 nitrogen and oxygen atoms in total. The van der Waals surface area contributed by atoms with Crippen molar-refractivity contribution >= 4 is 5.97 Å². The van der Waals surface area contributed by atoms with Crippen LogP contribution >= 0.6 is 0 Å². The molecule has 1 aliphatic heterocycles. The summed E-state index contributed by atoms with van der Waals surface area (Å²) < 4.78 is 0. The van der Waals surface area contributed by atoms with E-state index in [1.807, 2.05) is 13.8 Å². The van der Waals surface area contributed by atoms with Crippen LogP contribution in [0, 0.1) is 16.7 Å². The predicted molar refractivity (Wildman–Crippen MR) is 40.2 cm³/mol. The first-order valence-corrected chi connectivity index (χ1v) is 3.97. The number of nitrogens with one attached hydrogen (secondary N) is 1. The maximum Gasteiger partial charge on any atom is 0.311 e. The van der Waals surface area contributed by atoms with Gasteiger partial charge in [0.1, 0.15) is 0 Å². The Kier molecular flexibility index (Phi) is 1.04. The molecule has 0 spiro atoms. The van der Waals surface area contributed by atoms with E-state index >= 15 is 0 Å². The highest BCUT2D eigenvalue weighted by Crippen LogP contribution is 2.70. The van der Waals surface area contributed by atoms with Gasteiger partial charge in [-0.1, -0.05) is 13.8 Å². The van der Waals surface area contributed by atoms with Crippen LogP contribution in [0.2, 0.25) is 0 Å². The molecule has 0 aromatic carbocycles. The molecule has 3 heteroatoms. The summed E-state index contributed by atoms with van der Waals surface area (Å²) in [6, 6.07) is 0. The summed E-state index contributed by atoms with van der Waals surface area (Å²) in [6.45, 7) is 5.62. The first-order valence-electron chi connectivity index (χ1n) is 3.97. The second-order valence-corrected chi connectivity index (χ2v) is 4.18. The summed E-state index contributed by atoms with van der Waals surface area (Å²) in [6.07, 6.45) is 0. The molecule has 11 heavy (non-hydrogen) atoms. The van der Waals surface area contributed by atoms with Gasteiger partial charge in [-0.3, -0.25) is 4.79 Å². The van der Waals surface area contributed by atoms with Gasteiger partial charge in [0.15, 0.2) is 0 Å². The Bertz CT molecular complexity index is 224. The van der Waals surface area contributed by atoms with Crippen molar-refractivity contribution in [2.24, 2.45) is 16.7 Å². The first kappa shape index (κ1) is 7.10. The summed E-state index contributed by atoms with van der Waals surface area (Å²) in [5.74, 6) is -0.273. The fourth-order valence-corrected chi connectivity index (χ4v) is 2.66. The molecule has 2 atom stereocenters. The number of piperidine rings is 1. The van der Waals surface area contributed by atoms with Gasteiger partial charge in [-0.25, -0.2) is 0 Å². The Hall–Kier alpha value is -0.570. The van der Waals surface area contributed by atoms with Crippen molar-refractivity contribution in [1.82, 2.24) is 5.32 Å². The van der Waals surface area contributed by atoms with Crippen LogP contribution in [0.5, 0.6) is 0 Å². The number of carboxylic acids is 1. The Morgan fingerprint density at radius 3 is 2.55 bits per heavy atom. The van der Waals surface area contributed by atoms with Crippen LogP contribution < -0.4 is 5.32 Å². The van der Waals surface area contributed by atoms with Gasteiger partial charge >= 0.3 is 5.97 Å². The van der Waals surface area contributed by atoms with E-state index in [0.717, 1.165) is 6.54 Å². The monoisotopic (exact) mass is 155 g/mol. The van der Waals surface area contributed by atoms with Crippen molar-refractivity contribution in [2.75, 3.05) is 13.1 Å². The lowest BCUT2D eigenvalue weighted by molar-refractivity contribution is -0.144. The Morgan fingerprint density at radius 1 is 1.64 bits per heavy atom. The van der Waals surface area contributed by atoms with Crippen LogP contribution in [-0.4, -0.2) is 24.2 Å². The average molecular weight is 155 g/mol. The third-order valence-electron chi connectivity index (χ3n) is 3.67. The molecule has 1 saturated carbocycles. The SMILES string of the molecule is CC1(C)[C@@H]2CNC[C@@]21C(=O)O. The van der Waals surface area contributed by atoms with E-state index in [1.165, 1.54) is 0 Å². The Balaban J connectivity index is 2.33. The lowest BCUT2D eigenvalue weighted by atomic mass is 9.96. The minimum Gasteiger partial charge on any atom is -0.481 e. The highest BCUT2D eigenvalue weighted by molar-refractivity contribution is 5.82. The van der Waals surface area contributed by atoms with Gasteiger partial charge < -0.3 is 10.4 Å². The van der Waals surface area contributed by atoms with E-state index in [0.29, 0.717) is 12.5 Å². The molecule has 0 unspecified atom stereocenters. The van der Waals surface area contributed by atoms with Gasteiger partial charge in [-0.15, -0.1) is 0 Å². The van der Waals surface area contributed by atoms with E-state index < -0.39 is 11.4 Å². The third-order valence-corrected chi connectivity index (χ3v) is 3.67. The van der Waals surface area contributed by atoms with Crippen molar-refractivity contribution < 1.29 is 9.90 Å². The molecule has 2 aliphatic rings. The van der Waals surface area contributed by atoms with Crippen molar-refractivity contribution in [3.63, 3.8) is 0 Å². The second kappa shape index (κ2) is 1.61. The molecule has 0 aromatic rings. The number of hydrogen-bond donors (Lipinski definition) is 2. The van der Waals surface area contributed by atoms with E-state index in [1.54, 1.807) is 0 Å². The lowest BCUT2D eigenvalue weighted by Crippen LogP contribution is -2.30. The summed E-state index contributed by atoms with van der Waals surface area (Å²) in [4.78, 5) is 10.9. The maximum absolute atomic E-state index is 10.9. The molecule has 0 amide bonds. The van der Waals surface area contributed by atoms with Crippen LogP contribution in [0.25, 0.3) is 0 Å². The zero-order valence-electron chi connectivity index (χ0n) is 6.85. The highest BCUT2D eigenvalue weighted by atomic mass is 16.4. The Labute approximate surface area is 65.8 Å². The lowest BCUT2D eigenvalue weighted by Gasteiger charge is -2.13. The molecule has 62 valence electrons. The van der Waals surface area contributed by atoms with E-state index in [2.05, 4.69) is 5.32 Å². The smallest absolute Gasteiger partial charge is 0.311 e. The standard InChI is InChI=1S/C8H13NO2/c1-7(2)5-3-9-4-8(5,7)6(10)11/h5,9H,3-4H2,1-2H3,(H,10,11)/t5-,8-/m0/s1. The number of aliphatic carboxylic acids is 1. The quantitative estimate of drug-likeness (QED) is 0.573. The van der Waals surface area contributed by atoms with Gasteiger partial charge in [0.25, 0.3) is 0 Å². The molecule has 0 bridgehead atoms. The number of carboxylic acid groups (broad SMARTS) is 1. The summed E-state index contributed by atoms with van der Waals surface area (Å²) in [5, 5.41) is 12.1. The predicted octanol–water partition coefficient (Wildman–Crippen LogP) is 0.317. The number of carbonyl (C=O) groups is 1. The molecular formula is C8H13NO2. The summed E-state index contributed by atoms with van der Waals surface area (Å²) >= 11 is 0. The molecule has 2 fully saturated rings. The number of rotatable bonds is 1. The zero-order chi connectivity index (χ0) is 8.28. The van der Waals surface area contributed by atoms with Gasteiger partial charge in [-0.05, 0) is 17.9 Å². The van der Waals surface area contributed by atoms with Gasteiger partial charge in [0, 0.05) is 6.54 Å². The molecule has 2 N–H and O–H groups in total. The van der Waals surface area contributed by atoms with Crippen molar-refractivity contribution in [1.29, 1.82) is 0 Å². The highest BCUT2D eigenvalue weighted by Gasteiger charge is 2.77. The van der Waals surface area contributed by atoms with Gasteiger partial charge in [0.2, 0.25) is 0 Å². The fourth-order valence-electron chi connectivity index (χ4n) is 2.66. The average Bonchev–Trinajstić information content (AvgIpc) is 2.25. The van der Waals surface area contributed by atoms with Crippen LogP contribution in [0.1, 0.15) is 13.8 Å². The zero-order valence-corrected chi connectivity index (χ0v) is 6.85. The van der Waals surface area contributed by atoms with Crippen molar-refractivity contribution in [2.45, 2.75) is 13.8 Å². The van der Waals surface area contributed by atoms with Gasteiger partial charge in [0.05, 0.1) is 5.41 Å². The van der Waals surface area contributed by atoms with Crippen LogP contribution in [0.3, 0.4) is 0 Å². The minimum atomic E-state index is -0.627. The van der Waals surface area contributed by atoms with Crippen molar-refractivity contribution in [3.8, 4) is 0 Å². The molecule has 2 rings (SSSR count). The minimum absolute atomic E-state index is 0.0179. The molecule has 1 aliphatic carbocycles. The molecule has 1 saturated heterocycles. The van der Waals surface area contributed by atoms with Crippen LogP contribution in [0.15, 0.2) is 0 Å². The van der Waals surface area contributed by atoms with Gasteiger partial charge in [-0.2, -0.15) is 0 Å². The number of hydrogen-bond acceptors (Lipinski definition) is 2. The summed E-state index contributed by atoms with van der Waals surface area (Å²) in [5.41, 5.74) is -0.420. The molecule has 0 aromatic heterocycles. The largest absolute Gasteiger partial charge is 0.481 e. The van der Waals surface area contributed by atoms with E-state index in [4.69, 9.17) is 5.11 Å². The topological polar surface area (TPSA) is 49.3 Å². The third kappa shape index (κ3) is 0.527. The van der Waals surface area contributed by atoms with Crippen molar-refractivity contribution in [3.05, 3.63) is 0 Å². The second-order valence-electron chi connectivity index (χ2n) is 4.18. The fraction of sp³-hybridized carbons (Fsp3) is 0.875. The normalized spacial score (nSPS) is 45.1. The van der Waals surface area contributed by atoms with Crippen LogP contribution in [0.4, 0.5) is 0 Å². The summed E-state index contributed by atoms with van der Waals surface area (Å²) in [7, 11) is 0. The maximum atomic E-state index is 10.9. The van der Waals surface area contributed by atoms with E-state index in [-0.39, 0.29) is 5.41 Å². The molecule has 1 heterocycles. The van der Waals surface area contributed by atoms with E-state index in [9.17, 15) is 4.79 Å². The number of fused-ring (bicyclic) bond motifs is 1. The first-order chi connectivity index (χ1) is 5.03.